The van der Waals surface area contributed by atoms with Crippen molar-refractivity contribution in [3.05, 3.63) is 0 Å². The molecule has 3 nitrogen and oxygen atoms in total. The van der Waals surface area contributed by atoms with Crippen molar-refractivity contribution in [2.24, 2.45) is 5.92 Å². The molecule has 1 atom stereocenters. The molecule has 1 heterocycles. The van der Waals surface area contributed by atoms with Gasteiger partial charge in [-0.15, -0.1) is 0 Å². The molecule has 1 saturated heterocycles. The largest absolute Gasteiger partial charge is 0.338 e. The standard InChI is InChI=1S/C16H30N2O/c1-2-12-18(15-8-5-11-17-13-15)16(19)10-9-14-6-3-4-7-14/h14-15,17H,2-13H2,1H3. The second-order valence-corrected chi connectivity index (χ2v) is 6.28. The Bertz CT molecular complexity index is 268. The highest BCUT2D eigenvalue weighted by Gasteiger charge is 2.25. The number of rotatable bonds is 6. The van der Waals surface area contributed by atoms with Crippen molar-refractivity contribution in [3.63, 3.8) is 0 Å². The monoisotopic (exact) mass is 266 g/mol. The average Bonchev–Trinajstić information content (AvgIpc) is 2.96. The van der Waals surface area contributed by atoms with Crippen LogP contribution in [-0.2, 0) is 4.79 Å². The van der Waals surface area contributed by atoms with Crippen molar-refractivity contribution in [2.45, 2.75) is 70.8 Å². The first-order valence-corrected chi connectivity index (χ1v) is 8.31. The van der Waals surface area contributed by atoms with Crippen LogP contribution in [0.2, 0.25) is 0 Å². The van der Waals surface area contributed by atoms with E-state index in [0.29, 0.717) is 11.9 Å². The van der Waals surface area contributed by atoms with Crippen LogP contribution in [0, 0.1) is 5.92 Å². The van der Waals surface area contributed by atoms with Crippen LogP contribution in [0.25, 0.3) is 0 Å². The molecule has 0 bridgehead atoms. The fourth-order valence-corrected chi connectivity index (χ4v) is 3.62. The summed E-state index contributed by atoms with van der Waals surface area (Å²) in [6, 6.07) is 0.449. The van der Waals surface area contributed by atoms with Gasteiger partial charge >= 0.3 is 0 Å². The molecule has 1 saturated carbocycles. The number of hydrogen-bond donors (Lipinski definition) is 1. The van der Waals surface area contributed by atoms with E-state index >= 15 is 0 Å². The lowest BCUT2D eigenvalue weighted by Crippen LogP contribution is -2.49. The summed E-state index contributed by atoms with van der Waals surface area (Å²) in [6.45, 7) is 5.23. The van der Waals surface area contributed by atoms with Gasteiger partial charge in [0.15, 0.2) is 0 Å². The highest BCUT2D eigenvalue weighted by atomic mass is 16.2. The van der Waals surface area contributed by atoms with Gasteiger partial charge in [-0.3, -0.25) is 4.79 Å². The zero-order valence-corrected chi connectivity index (χ0v) is 12.5. The molecule has 0 radical (unpaired) electrons. The van der Waals surface area contributed by atoms with Gasteiger partial charge in [0.25, 0.3) is 0 Å². The molecule has 1 amide bonds. The maximum absolute atomic E-state index is 12.5. The third kappa shape index (κ3) is 4.48. The zero-order valence-electron chi connectivity index (χ0n) is 12.5. The predicted octanol–water partition coefficient (Wildman–Crippen LogP) is 2.95. The Kier molecular flexibility index (Phi) is 6.15. The van der Waals surface area contributed by atoms with E-state index in [9.17, 15) is 4.79 Å². The molecule has 0 spiro atoms. The molecule has 0 aromatic rings. The number of amides is 1. The van der Waals surface area contributed by atoms with E-state index in [1.807, 2.05) is 0 Å². The first-order valence-electron chi connectivity index (χ1n) is 8.31. The van der Waals surface area contributed by atoms with Gasteiger partial charge in [0, 0.05) is 25.6 Å². The second-order valence-electron chi connectivity index (χ2n) is 6.28. The van der Waals surface area contributed by atoms with Crippen LogP contribution < -0.4 is 5.32 Å². The van der Waals surface area contributed by atoms with Crippen LogP contribution in [0.4, 0.5) is 0 Å². The fourth-order valence-electron chi connectivity index (χ4n) is 3.62. The Labute approximate surface area is 118 Å². The van der Waals surface area contributed by atoms with Gasteiger partial charge in [-0.25, -0.2) is 0 Å². The number of piperidine rings is 1. The highest BCUT2D eigenvalue weighted by Crippen LogP contribution is 2.29. The van der Waals surface area contributed by atoms with E-state index < -0.39 is 0 Å². The van der Waals surface area contributed by atoms with Gasteiger partial charge in [0.05, 0.1) is 0 Å². The summed E-state index contributed by atoms with van der Waals surface area (Å²) >= 11 is 0. The minimum atomic E-state index is 0.405. The topological polar surface area (TPSA) is 32.3 Å². The number of carbonyl (C=O) groups is 1. The maximum atomic E-state index is 12.5. The van der Waals surface area contributed by atoms with Gasteiger partial charge in [-0.05, 0) is 38.1 Å². The molecule has 110 valence electrons. The molecular formula is C16H30N2O. The summed E-state index contributed by atoms with van der Waals surface area (Å²) in [5, 5.41) is 3.43. The lowest BCUT2D eigenvalue weighted by Gasteiger charge is -2.35. The van der Waals surface area contributed by atoms with Crippen molar-refractivity contribution >= 4 is 5.91 Å². The Balaban J connectivity index is 1.80. The van der Waals surface area contributed by atoms with Crippen molar-refractivity contribution in [2.75, 3.05) is 19.6 Å². The summed E-state index contributed by atoms with van der Waals surface area (Å²) in [4.78, 5) is 14.7. The van der Waals surface area contributed by atoms with Crippen molar-refractivity contribution in [3.8, 4) is 0 Å². The lowest BCUT2D eigenvalue weighted by atomic mass is 10.00. The van der Waals surface area contributed by atoms with E-state index in [0.717, 1.165) is 44.8 Å². The van der Waals surface area contributed by atoms with Crippen molar-refractivity contribution in [1.29, 1.82) is 0 Å². The molecule has 19 heavy (non-hydrogen) atoms. The van der Waals surface area contributed by atoms with Crippen molar-refractivity contribution in [1.82, 2.24) is 10.2 Å². The average molecular weight is 266 g/mol. The third-order valence-electron chi connectivity index (χ3n) is 4.74. The Morgan fingerprint density at radius 1 is 1.21 bits per heavy atom. The summed E-state index contributed by atoms with van der Waals surface area (Å²) in [5.41, 5.74) is 0. The molecule has 2 aliphatic rings. The Morgan fingerprint density at radius 3 is 2.63 bits per heavy atom. The van der Waals surface area contributed by atoms with Gasteiger partial charge in [0.1, 0.15) is 0 Å². The lowest BCUT2D eigenvalue weighted by molar-refractivity contribution is -0.134. The van der Waals surface area contributed by atoms with Crippen LogP contribution in [0.15, 0.2) is 0 Å². The van der Waals surface area contributed by atoms with E-state index in [1.165, 1.54) is 38.5 Å². The summed E-state index contributed by atoms with van der Waals surface area (Å²) in [5.74, 6) is 1.24. The van der Waals surface area contributed by atoms with E-state index in [2.05, 4.69) is 17.1 Å². The van der Waals surface area contributed by atoms with E-state index in [1.54, 1.807) is 0 Å². The number of hydrogen-bond acceptors (Lipinski definition) is 2. The molecule has 2 fully saturated rings. The van der Waals surface area contributed by atoms with Crippen LogP contribution in [0.3, 0.4) is 0 Å². The van der Waals surface area contributed by atoms with Crippen LogP contribution in [-0.4, -0.2) is 36.5 Å². The van der Waals surface area contributed by atoms with E-state index in [4.69, 9.17) is 0 Å². The van der Waals surface area contributed by atoms with Gasteiger partial charge in [-0.1, -0.05) is 32.6 Å². The first-order chi connectivity index (χ1) is 9.31. The summed E-state index contributed by atoms with van der Waals surface area (Å²) in [7, 11) is 0. The molecule has 1 aliphatic carbocycles. The van der Waals surface area contributed by atoms with Crippen molar-refractivity contribution < 1.29 is 4.79 Å². The SMILES string of the molecule is CCCN(C(=O)CCC1CCCC1)C1CCCNC1. The molecule has 1 aliphatic heterocycles. The fraction of sp³-hybridized carbons (Fsp3) is 0.938. The molecule has 1 unspecified atom stereocenters. The number of carbonyl (C=O) groups excluding carboxylic acids is 1. The number of nitrogens with zero attached hydrogens (tertiary/aromatic N) is 1. The summed E-state index contributed by atoms with van der Waals surface area (Å²) < 4.78 is 0. The molecular weight excluding hydrogens is 236 g/mol. The second kappa shape index (κ2) is 7.88. The third-order valence-corrected chi connectivity index (χ3v) is 4.74. The van der Waals surface area contributed by atoms with Crippen LogP contribution in [0.5, 0.6) is 0 Å². The molecule has 1 N–H and O–H groups in total. The molecule has 3 heteroatoms. The van der Waals surface area contributed by atoms with Gasteiger partial charge < -0.3 is 10.2 Å². The maximum Gasteiger partial charge on any atom is 0.222 e. The van der Waals surface area contributed by atoms with E-state index in [-0.39, 0.29) is 0 Å². The first kappa shape index (κ1) is 14.8. The normalized spacial score (nSPS) is 24.6. The summed E-state index contributed by atoms with van der Waals surface area (Å²) in [6.07, 6.45) is 10.8. The minimum Gasteiger partial charge on any atom is -0.338 e. The van der Waals surface area contributed by atoms with Crippen LogP contribution in [0.1, 0.15) is 64.7 Å². The number of nitrogens with one attached hydrogen (secondary N) is 1. The Morgan fingerprint density at radius 2 is 2.00 bits per heavy atom. The smallest absolute Gasteiger partial charge is 0.222 e. The molecule has 0 aromatic heterocycles. The highest BCUT2D eigenvalue weighted by molar-refractivity contribution is 5.76. The quantitative estimate of drug-likeness (QED) is 0.801. The molecule has 0 aromatic carbocycles. The Hall–Kier alpha value is -0.570. The zero-order chi connectivity index (χ0) is 13.5. The molecule has 2 rings (SSSR count). The van der Waals surface area contributed by atoms with Gasteiger partial charge in [-0.2, -0.15) is 0 Å². The van der Waals surface area contributed by atoms with Crippen LogP contribution >= 0.6 is 0 Å². The van der Waals surface area contributed by atoms with Gasteiger partial charge in [0.2, 0.25) is 5.91 Å². The minimum absolute atomic E-state index is 0.405. The predicted molar refractivity (Wildman–Crippen MR) is 79.1 cm³/mol.